The van der Waals surface area contributed by atoms with Crippen molar-refractivity contribution < 1.29 is 17.9 Å². The fourth-order valence-electron chi connectivity index (χ4n) is 3.41. The molecule has 29 heavy (non-hydrogen) atoms. The molecule has 7 nitrogen and oxygen atoms in total. The minimum Gasteiger partial charge on any atom is -0.487 e. The highest BCUT2D eigenvalue weighted by Crippen LogP contribution is 2.24. The summed E-state index contributed by atoms with van der Waals surface area (Å²) < 4.78 is 32.2. The van der Waals surface area contributed by atoms with Gasteiger partial charge in [0.25, 0.3) is 0 Å². The standard InChI is InChI=1S/C21H27N3O4S/c1-2-14-29(26,27)24-13-6-4-11-20(24)21(25)23-17-9-7-10-19(15-17)28-16-18-8-3-5-12-22-18/h3,5,7-10,12,15,20H,2,4,6,11,13-14,16H2,1H3,(H,23,25). The van der Waals surface area contributed by atoms with Gasteiger partial charge in [-0.05, 0) is 43.5 Å². The molecule has 0 saturated carbocycles. The Hall–Kier alpha value is -2.45. The monoisotopic (exact) mass is 417 g/mol. The first-order valence-corrected chi connectivity index (χ1v) is 11.5. The van der Waals surface area contributed by atoms with Crippen LogP contribution in [0.1, 0.15) is 38.3 Å². The fourth-order valence-corrected chi connectivity index (χ4v) is 5.15. The molecule has 1 aliphatic rings. The number of carbonyl (C=O) groups excluding carboxylic acids is 1. The summed E-state index contributed by atoms with van der Waals surface area (Å²) in [6.07, 6.45) is 4.39. The summed E-state index contributed by atoms with van der Waals surface area (Å²) in [6, 6.07) is 12.0. The molecule has 1 amide bonds. The van der Waals surface area contributed by atoms with Gasteiger partial charge in [0.1, 0.15) is 18.4 Å². The Kier molecular flexibility index (Phi) is 7.22. The average molecular weight is 418 g/mol. The number of rotatable bonds is 8. The number of pyridine rings is 1. The topological polar surface area (TPSA) is 88.6 Å². The molecule has 0 radical (unpaired) electrons. The smallest absolute Gasteiger partial charge is 0.242 e. The van der Waals surface area contributed by atoms with Crippen molar-refractivity contribution in [2.24, 2.45) is 0 Å². The molecule has 1 aromatic carbocycles. The molecule has 1 aromatic heterocycles. The molecule has 1 fully saturated rings. The predicted molar refractivity (Wildman–Crippen MR) is 112 cm³/mol. The maximum Gasteiger partial charge on any atom is 0.242 e. The zero-order valence-electron chi connectivity index (χ0n) is 16.6. The third kappa shape index (κ3) is 5.77. The largest absolute Gasteiger partial charge is 0.487 e. The Morgan fingerprint density at radius 1 is 1.24 bits per heavy atom. The van der Waals surface area contributed by atoms with E-state index in [0.717, 1.165) is 18.5 Å². The Morgan fingerprint density at radius 2 is 2.10 bits per heavy atom. The summed E-state index contributed by atoms with van der Waals surface area (Å²) in [5, 5.41) is 2.85. The van der Waals surface area contributed by atoms with E-state index in [1.807, 2.05) is 25.1 Å². The summed E-state index contributed by atoms with van der Waals surface area (Å²) in [5.41, 5.74) is 1.38. The molecule has 3 rings (SSSR count). The molecule has 1 unspecified atom stereocenters. The Balaban J connectivity index is 1.66. The second-order valence-corrected chi connectivity index (χ2v) is 9.11. The van der Waals surface area contributed by atoms with Crippen LogP contribution in [0.5, 0.6) is 5.75 Å². The third-order valence-electron chi connectivity index (χ3n) is 4.79. The first-order chi connectivity index (χ1) is 14.0. The van der Waals surface area contributed by atoms with Gasteiger partial charge in [0, 0.05) is 24.5 Å². The van der Waals surface area contributed by atoms with Crippen molar-refractivity contribution in [3.63, 3.8) is 0 Å². The third-order valence-corrected chi connectivity index (χ3v) is 6.87. The minimum absolute atomic E-state index is 0.0631. The lowest BCUT2D eigenvalue weighted by Gasteiger charge is -2.33. The molecule has 0 aliphatic carbocycles. The van der Waals surface area contributed by atoms with Crippen molar-refractivity contribution >= 4 is 21.6 Å². The van der Waals surface area contributed by atoms with E-state index >= 15 is 0 Å². The predicted octanol–water partition coefficient (Wildman–Crippen LogP) is 3.19. The molecule has 1 N–H and O–H groups in total. The molecule has 8 heteroatoms. The number of hydrogen-bond donors (Lipinski definition) is 1. The number of piperidine rings is 1. The van der Waals surface area contributed by atoms with Crippen LogP contribution in [0.4, 0.5) is 5.69 Å². The van der Waals surface area contributed by atoms with Crippen LogP contribution in [0.3, 0.4) is 0 Å². The summed E-state index contributed by atoms with van der Waals surface area (Å²) >= 11 is 0. The number of aromatic nitrogens is 1. The van der Waals surface area contributed by atoms with Crippen LogP contribution in [0, 0.1) is 0 Å². The zero-order chi connectivity index (χ0) is 20.7. The molecule has 0 spiro atoms. The second-order valence-electron chi connectivity index (χ2n) is 7.07. The van der Waals surface area contributed by atoms with E-state index in [2.05, 4.69) is 10.3 Å². The van der Waals surface area contributed by atoms with Gasteiger partial charge in [0.15, 0.2) is 0 Å². The molecule has 156 valence electrons. The van der Waals surface area contributed by atoms with Crippen molar-refractivity contribution in [2.45, 2.75) is 45.3 Å². The zero-order valence-corrected chi connectivity index (χ0v) is 17.4. The van der Waals surface area contributed by atoms with Gasteiger partial charge in [0.05, 0.1) is 11.4 Å². The van der Waals surface area contributed by atoms with E-state index < -0.39 is 16.1 Å². The van der Waals surface area contributed by atoms with Crippen LogP contribution >= 0.6 is 0 Å². The number of anilines is 1. The quantitative estimate of drug-likeness (QED) is 0.713. The summed E-state index contributed by atoms with van der Waals surface area (Å²) in [7, 11) is -3.43. The van der Waals surface area contributed by atoms with Gasteiger partial charge in [-0.3, -0.25) is 9.78 Å². The molecule has 2 heterocycles. The van der Waals surface area contributed by atoms with Crippen molar-refractivity contribution in [1.29, 1.82) is 0 Å². The molecule has 1 atom stereocenters. The van der Waals surface area contributed by atoms with E-state index in [-0.39, 0.29) is 11.7 Å². The second kappa shape index (κ2) is 9.84. The minimum atomic E-state index is -3.43. The summed E-state index contributed by atoms with van der Waals surface area (Å²) in [4.78, 5) is 17.1. The number of nitrogens with one attached hydrogen (secondary N) is 1. The number of benzene rings is 1. The van der Waals surface area contributed by atoms with Crippen LogP contribution in [-0.4, -0.2) is 42.0 Å². The molecule has 0 bridgehead atoms. The lowest BCUT2D eigenvalue weighted by atomic mass is 10.0. The van der Waals surface area contributed by atoms with Crippen LogP contribution < -0.4 is 10.1 Å². The number of carbonyl (C=O) groups is 1. The first kappa shape index (κ1) is 21.3. The number of amides is 1. The Labute approximate surface area is 172 Å². The number of sulfonamides is 1. The maximum atomic E-state index is 12.9. The van der Waals surface area contributed by atoms with Gasteiger partial charge < -0.3 is 10.1 Å². The average Bonchev–Trinajstić information content (AvgIpc) is 2.73. The normalized spacial score (nSPS) is 17.6. The van der Waals surface area contributed by atoms with Crippen LogP contribution in [0.2, 0.25) is 0 Å². The number of ether oxygens (including phenoxy) is 1. The first-order valence-electron chi connectivity index (χ1n) is 9.93. The van der Waals surface area contributed by atoms with Crippen molar-refractivity contribution in [2.75, 3.05) is 17.6 Å². The molecule has 1 saturated heterocycles. The van der Waals surface area contributed by atoms with Gasteiger partial charge in [-0.15, -0.1) is 0 Å². The SMILES string of the molecule is CCCS(=O)(=O)N1CCCCC1C(=O)Nc1cccc(OCc2ccccn2)c1. The van der Waals surface area contributed by atoms with Crippen LogP contribution in [0.15, 0.2) is 48.7 Å². The van der Waals surface area contributed by atoms with Crippen LogP contribution in [-0.2, 0) is 21.4 Å². The van der Waals surface area contributed by atoms with Gasteiger partial charge in [-0.25, -0.2) is 8.42 Å². The lowest BCUT2D eigenvalue weighted by molar-refractivity contribution is -0.120. The lowest BCUT2D eigenvalue weighted by Crippen LogP contribution is -2.50. The van der Waals surface area contributed by atoms with Crippen molar-refractivity contribution in [1.82, 2.24) is 9.29 Å². The fraction of sp³-hybridized carbons (Fsp3) is 0.429. The highest BCUT2D eigenvalue weighted by atomic mass is 32.2. The summed E-state index contributed by atoms with van der Waals surface area (Å²) in [5.74, 6) is 0.368. The van der Waals surface area contributed by atoms with E-state index in [9.17, 15) is 13.2 Å². The van der Waals surface area contributed by atoms with Crippen molar-refractivity contribution in [3.05, 3.63) is 54.4 Å². The molecule has 2 aromatic rings. The van der Waals surface area contributed by atoms with E-state index in [1.165, 1.54) is 4.31 Å². The van der Waals surface area contributed by atoms with Gasteiger partial charge in [-0.2, -0.15) is 4.31 Å². The van der Waals surface area contributed by atoms with Gasteiger partial charge in [-0.1, -0.05) is 25.5 Å². The van der Waals surface area contributed by atoms with E-state index in [0.29, 0.717) is 37.4 Å². The Morgan fingerprint density at radius 3 is 2.86 bits per heavy atom. The van der Waals surface area contributed by atoms with Gasteiger partial charge >= 0.3 is 0 Å². The number of nitrogens with zero attached hydrogens (tertiary/aromatic N) is 2. The highest BCUT2D eigenvalue weighted by Gasteiger charge is 2.36. The molecule has 1 aliphatic heterocycles. The number of hydrogen-bond acceptors (Lipinski definition) is 5. The van der Waals surface area contributed by atoms with Crippen LogP contribution in [0.25, 0.3) is 0 Å². The summed E-state index contributed by atoms with van der Waals surface area (Å²) in [6.45, 7) is 2.55. The maximum absolute atomic E-state index is 12.9. The Bertz CT molecular complexity index is 919. The highest BCUT2D eigenvalue weighted by molar-refractivity contribution is 7.89. The molecular weight excluding hydrogens is 390 g/mol. The van der Waals surface area contributed by atoms with E-state index in [1.54, 1.807) is 30.5 Å². The van der Waals surface area contributed by atoms with Gasteiger partial charge in [0.2, 0.25) is 15.9 Å². The van der Waals surface area contributed by atoms with Crippen molar-refractivity contribution in [3.8, 4) is 5.75 Å². The molecular formula is C21H27N3O4S. The van der Waals surface area contributed by atoms with E-state index in [4.69, 9.17) is 4.74 Å².